The number of hydrogen-bond donors (Lipinski definition) is 3. The maximum Gasteiger partial charge on any atom is 0.229 e. The van der Waals surface area contributed by atoms with E-state index in [4.69, 9.17) is 0 Å². The zero-order valence-electron chi connectivity index (χ0n) is 18.1. The third kappa shape index (κ3) is 6.36. The van der Waals surface area contributed by atoms with Crippen LogP contribution in [0.4, 0.5) is 33.2 Å². The predicted molar refractivity (Wildman–Crippen MR) is 126 cm³/mol. The standard InChI is InChI=1S/C24H24FN7O/c1-17-6-2-7-18(14-17)29-23-21(25)16-26-24(31-23)30-20-9-3-8-19(15-20)28-22(33)10-4-12-32-13-5-11-27-32/h2-3,5-9,11,13-16H,4,10,12H2,1H3,(H,28,33)(H2,26,29,30,31). The number of aromatic nitrogens is 4. The Morgan fingerprint density at radius 3 is 2.61 bits per heavy atom. The molecule has 0 saturated heterocycles. The molecule has 0 aliphatic carbocycles. The van der Waals surface area contributed by atoms with Gasteiger partial charge in [-0.25, -0.2) is 9.37 Å². The molecule has 2 aromatic carbocycles. The van der Waals surface area contributed by atoms with Crippen molar-refractivity contribution in [3.8, 4) is 0 Å². The number of carbonyl (C=O) groups is 1. The molecule has 0 fully saturated rings. The number of halogens is 1. The van der Waals surface area contributed by atoms with Gasteiger partial charge in [0.15, 0.2) is 11.6 Å². The zero-order chi connectivity index (χ0) is 23.0. The van der Waals surface area contributed by atoms with Crippen molar-refractivity contribution >= 4 is 34.7 Å². The topological polar surface area (TPSA) is 96.8 Å². The Kier molecular flexibility index (Phi) is 6.89. The summed E-state index contributed by atoms with van der Waals surface area (Å²) in [7, 11) is 0. The fourth-order valence-corrected chi connectivity index (χ4v) is 3.24. The summed E-state index contributed by atoms with van der Waals surface area (Å²) < 4.78 is 16.0. The van der Waals surface area contributed by atoms with E-state index in [9.17, 15) is 9.18 Å². The van der Waals surface area contributed by atoms with Crippen molar-refractivity contribution in [1.82, 2.24) is 19.7 Å². The number of anilines is 5. The maximum absolute atomic E-state index is 14.2. The van der Waals surface area contributed by atoms with Gasteiger partial charge in [0, 0.05) is 42.4 Å². The van der Waals surface area contributed by atoms with E-state index in [1.807, 2.05) is 49.5 Å². The number of carbonyl (C=O) groups excluding carboxylic acids is 1. The number of benzene rings is 2. The lowest BCUT2D eigenvalue weighted by Gasteiger charge is -2.11. The number of amides is 1. The average molecular weight is 446 g/mol. The Balaban J connectivity index is 1.37. The van der Waals surface area contributed by atoms with Gasteiger partial charge < -0.3 is 16.0 Å². The van der Waals surface area contributed by atoms with Crippen LogP contribution in [-0.2, 0) is 11.3 Å². The van der Waals surface area contributed by atoms with Crippen molar-refractivity contribution in [2.24, 2.45) is 0 Å². The number of hydrogen-bond acceptors (Lipinski definition) is 6. The van der Waals surface area contributed by atoms with Crippen molar-refractivity contribution in [2.45, 2.75) is 26.3 Å². The Morgan fingerprint density at radius 2 is 1.82 bits per heavy atom. The molecule has 0 bridgehead atoms. The third-order valence-electron chi connectivity index (χ3n) is 4.78. The molecular weight excluding hydrogens is 421 g/mol. The van der Waals surface area contributed by atoms with Gasteiger partial charge in [0.1, 0.15) is 0 Å². The minimum Gasteiger partial charge on any atom is -0.338 e. The highest BCUT2D eigenvalue weighted by Gasteiger charge is 2.09. The lowest BCUT2D eigenvalue weighted by Crippen LogP contribution is -2.12. The number of nitrogens with one attached hydrogen (secondary N) is 3. The van der Waals surface area contributed by atoms with Crippen LogP contribution >= 0.6 is 0 Å². The highest BCUT2D eigenvalue weighted by atomic mass is 19.1. The molecule has 0 aliphatic rings. The summed E-state index contributed by atoms with van der Waals surface area (Å²) in [6, 6.07) is 16.6. The average Bonchev–Trinajstić information content (AvgIpc) is 3.30. The fourth-order valence-electron chi connectivity index (χ4n) is 3.24. The quantitative estimate of drug-likeness (QED) is 0.334. The van der Waals surface area contributed by atoms with Crippen LogP contribution < -0.4 is 16.0 Å². The second kappa shape index (κ2) is 10.4. The summed E-state index contributed by atoms with van der Waals surface area (Å²) in [6.07, 6.45) is 5.76. The molecule has 4 rings (SSSR count). The highest BCUT2D eigenvalue weighted by Crippen LogP contribution is 2.22. The molecular formula is C24H24FN7O. The van der Waals surface area contributed by atoms with Crippen LogP contribution in [0.1, 0.15) is 18.4 Å². The number of aryl methyl sites for hydroxylation is 2. The van der Waals surface area contributed by atoms with Crippen LogP contribution in [0, 0.1) is 12.7 Å². The Labute approximate surface area is 190 Å². The fraction of sp³-hybridized carbons (Fsp3) is 0.167. The van der Waals surface area contributed by atoms with E-state index in [1.165, 1.54) is 0 Å². The molecule has 0 atom stereocenters. The predicted octanol–water partition coefficient (Wildman–Crippen LogP) is 5.03. The molecule has 0 radical (unpaired) electrons. The molecule has 0 unspecified atom stereocenters. The van der Waals surface area contributed by atoms with E-state index in [-0.39, 0.29) is 17.7 Å². The van der Waals surface area contributed by atoms with Crippen LogP contribution in [0.2, 0.25) is 0 Å². The largest absolute Gasteiger partial charge is 0.338 e. The molecule has 1 amide bonds. The molecule has 4 aromatic rings. The first-order chi connectivity index (χ1) is 16.0. The minimum atomic E-state index is -0.557. The first kappa shape index (κ1) is 21.9. The van der Waals surface area contributed by atoms with E-state index < -0.39 is 5.82 Å². The molecule has 9 heteroatoms. The normalized spacial score (nSPS) is 10.6. The van der Waals surface area contributed by atoms with E-state index >= 15 is 0 Å². The van der Waals surface area contributed by atoms with E-state index in [2.05, 4.69) is 31.0 Å². The Hall–Kier alpha value is -4.27. The third-order valence-corrected chi connectivity index (χ3v) is 4.78. The van der Waals surface area contributed by atoms with Gasteiger partial charge >= 0.3 is 0 Å². The first-order valence-corrected chi connectivity index (χ1v) is 10.6. The monoisotopic (exact) mass is 445 g/mol. The molecule has 168 valence electrons. The second-order valence-corrected chi connectivity index (χ2v) is 7.51. The summed E-state index contributed by atoms with van der Waals surface area (Å²) in [5, 5.41) is 13.0. The SMILES string of the molecule is Cc1cccc(Nc2nc(Nc3cccc(NC(=O)CCCn4cccn4)c3)ncc2F)c1. The number of rotatable bonds is 9. The molecule has 2 aromatic heterocycles. The summed E-state index contributed by atoms with van der Waals surface area (Å²) in [5.41, 5.74) is 3.09. The van der Waals surface area contributed by atoms with Gasteiger partial charge in [0.25, 0.3) is 0 Å². The maximum atomic E-state index is 14.2. The second-order valence-electron chi connectivity index (χ2n) is 7.51. The van der Waals surface area contributed by atoms with Crippen molar-refractivity contribution in [2.75, 3.05) is 16.0 Å². The van der Waals surface area contributed by atoms with Gasteiger partial charge in [-0.05, 0) is 55.3 Å². The molecule has 8 nitrogen and oxygen atoms in total. The van der Waals surface area contributed by atoms with Crippen molar-refractivity contribution in [3.05, 3.63) is 84.6 Å². The van der Waals surface area contributed by atoms with Crippen LogP contribution in [0.3, 0.4) is 0 Å². The zero-order valence-corrected chi connectivity index (χ0v) is 18.1. The van der Waals surface area contributed by atoms with E-state index in [0.717, 1.165) is 17.4 Å². The van der Waals surface area contributed by atoms with Gasteiger partial charge in [-0.2, -0.15) is 10.1 Å². The van der Waals surface area contributed by atoms with E-state index in [1.54, 1.807) is 29.1 Å². The molecule has 2 heterocycles. The van der Waals surface area contributed by atoms with Gasteiger partial charge in [-0.15, -0.1) is 0 Å². The first-order valence-electron chi connectivity index (χ1n) is 10.6. The summed E-state index contributed by atoms with van der Waals surface area (Å²) in [4.78, 5) is 20.5. The minimum absolute atomic E-state index is 0.0692. The van der Waals surface area contributed by atoms with Crippen LogP contribution in [0.25, 0.3) is 0 Å². The smallest absolute Gasteiger partial charge is 0.229 e. The molecule has 3 N–H and O–H groups in total. The van der Waals surface area contributed by atoms with Crippen molar-refractivity contribution < 1.29 is 9.18 Å². The van der Waals surface area contributed by atoms with Gasteiger partial charge in [0.05, 0.1) is 6.20 Å². The van der Waals surface area contributed by atoms with E-state index in [0.29, 0.717) is 30.8 Å². The van der Waals surface area contributed by atoms with Crippen LogP contribution in [0.15, 0.2) is 73.2 Å². The van der Waals surface area contributed by atoms with Gasteiger partial charge in [0.2, 0.25) is 11.9 Å². The molecule has 0 spiro atoms. The summed E-state index contributed by atoms with van der Waals surface area (Å²) in [5.74, 6) is -0.339. The van der Waals surface area contributed by atoms with Crippen LogP contribution in [0.5, 0.6) is 0 Å². The van der Waals surface area contributed by atoms with Crippen LogP contribution in [-0.4, -0.2) is 25.7 Å². The molecule has 0 aliphatic heterocycles. The van der Waals surface area contributed by atoms with Crippen molar-refractivity contribution in [3.63, 3.8) is 0 Å². The number of nitrogens with zero attached hydrogens (tertiary/aromatic N) is 4. The lowest BCUT2D eigenvalue weighted by molar-refractivity contribution is -0.116. The molecule has 33 heavy (non-hydrogen) atoms. The highest BCUT2D eigenvalue weighted by molar-refractivity contribution is 5.91. The summed E-state index contributed by atoms with van der Waals surface area (Å²) in [6.45, 7) is 2.64. The van der Waals surface area contributed by atoms with Gasteiger partial charge in [-0.1, -0.05) is 18.2 Å². The van der Waals surface area contributed by atoms with Gasteiger partial charge in [-0.3, -0.25) is 9.48 Å². The molecule has 0 saturated carbocycles. The lowest BCUT2D eigenvalue weighted by atomic mass is 10.2. The van der Waals surface area contributed by atoms with Crippen molar-refractivity contribution in [1.29, 1.82) is 0 Å². The Morgan fingerprint density at radius 1 is 1.03 bits per heavy atom. The Bertz CT molecular complexity index is 1230. The summed E-state index contributed by atoms with van der Waals surface area (Å²) >= 11 is 0.